The molecule has 2 aromatic rings. The second-order valence-electron chi connectivity index (χ2n) is 3.83. The molecule has 0 saturated heterocycles. The average molecular weight is 216 g/mol. The highest BCUT2D eigenvalue weighted by atomic mass is 16.3. The Balaban J connectivity index is 2.15. The van der Waals surface area contributed by atoms with Gasteiger partial charge in [0.25, 0.3) is 0 Å². The Morgan fingerprint density at radius 1 is 1.12 bits per heavy atom. The monoisotopic (exact) mass is 216 g/mol. The third kappa shape index (κ3) is 2.32. The first-order valence-electron chi connectivity index (χ1n) is 5.41. The molecule has 0 aliphatic rings. The molecule has 0 aliphatic heterocycles. The van der Waals surface area contributed by atoms with E-state index < -0.39 is 6.10 Å². The van der Waals surface area contributed by atoms with Crippen molar-refractivity contribution in [3.05, 3.63) is 59.4 Å². The van der Waals surface area contributed by atoms with Crippen molar-refractivity contribution in [2.45, 2.75) is 12.5 Å². The van der Waals surface area contributed by atoms with Gasteiger partial charge in [-0.05, 0) is 30.2 Å². The van der Waals surface area contributed by atoms with Crippen LogP contribution in [0.4, 0.5) is 0 Å². The number of aromatic nitrogens is 1. The number of aliphatic hydroxyl groups excluding tert-OH is 1. The van der Waals surface area contributed by atoms with Gasteiger partial charge in [0.15, 0.2) is 0 Å². The molecule has 3 nitrogen and oxygen atoms in total. The molecular formula is C13H16N2O. The molecular weight excluding hydrogens is 200 g/mol. The summed E-state index contributed by atoms with van der Waals surface area (Å²) in [5, 5.41) is 10.1. The Morgan fingerprint density at radius 2 is 1.88 bits per heavy atom. The Labute approximate surface area is 94.9 Å². The molecule has 1 atom stereocenters. The minimum absolute atomic E-state index is 0.557. The fraction of sp³-hybridized carbons (Fsp3) is 0.231. The van der Waals surface area contributed by atoms with Crippen molar-refractivity contribution in [1.82, 2.24) is 4.98 Å². The summed E-state index contributed by atoms with van der Waals surface area (Å²) in [6, 6.07) is 9.79. The van der Waals surface area contributed by atoms with Gasteiger partial charge < -0.3 is 15.8 Å². The molecule has 0 aliphatic carbocycles. The lowest BCUT2D eigenvalue weighted by atomic mass is 10.0. The van der Waals surface area contributed by atoms with Crippen molar-refractivity contribution in [3.63, 3.8) is 0 Å². The second kappa shape index (κ2) is 4.96. The highest BCUT2D eigenvalue weighted by molar-refractivity contribution is 5.30. The molecule has 84 valence electrons. The maximum atomic E-state index is 10.1. The molecule has 3 heteroatoms. The number of nitrogens with one attached hydrogen (secondary N) is 1. The summed E-state index contributed by atoms with van der Waals surface area (Å²) in [6.07, 6.45) is 3.93. The summed E-state index contributed by atoms with van der Waals surface area (Å²) in [5.74, 6) is 0. The minimum Gasteiger partial charge on any atom is -0.384 e. The molecule has 1 heterocycles. The van der Waals surface area contributed by atoms with Crippen molar-refractivity contribution in [2.24, 2.45) is 5.73 Å². The van der Waals surface area contributed by atoms with Crippen LogP contribution in [0, 0.1) is 0 Å². The van der Waals surface area contributed by atoms with Gasteiger partial charge in [0, 0.05) is 18.0 Å². The minimum atomic E-state index is -0.557. The maximum Gasteiger partial charge on any atom is 0.105 e. The quantitative estimate of drug-likeness (QED) is 0.727. The van der Waals surface area contributed by atoms with Gasteiger partial charge >= 0.3 is 0 Å². The van der Waals surface area contributed by atoms with Crippen LogP contribution in [0.5, 0.6) is 0 Å². The fourth-order valence-electron chi connectivity index (χ4n) is 1.73. The summed E-state index contributed by atoms with van der Waals surface area (Å²) >= 11 is 0. The normalized spacial score (nSPS) is 12.6. The number of rotatable bonds is 4. The van der Waals surface area contributed by atoms with Gasteiger partial charge in [-0.2, -0.15) is 0 Å². The topological polar surface area (TPSA) is 62.0 Å². The maximum absolute atomic E-state index is 10.1. The zero-order valence-electron chi connectivity index (χ0n) is 9.06. The summed E-state index contributed by atoms with van der Waals surface area (Å²) in [7, 11) is 0. The van der Waals surface area contributed by atoms with E-state index in [4.69, 9.17) is 5.73 Å². The van der Waals surface area contributed by atoms with Crippen LogP contribution in [0.25, 0.3) is 0 Å². The zero-order chi connectivity index (χ0) is 11.4. The van der Waals surface area contributed by atoms with Gasteiger partial charge in [0.1, 0.15) is 6.10 Å². The van der Waals surface area contributed by atoms with Gasteiger partial charge in [-0.1, -0.05) is 24.3 Å². The highest BCUT2D eigenvalue weighted by Gasteiger charge is 2.09. The van der Waals surface area contributed by atoms with Gasteiger partial charge in [-0.3, -0.25) is 0 Å². The predicted octanol–water partition coefficient (Wildman–Crippen LogP) is 1.60. The lowest BCUT2D eigenvalue weighted by Gasteiger charge is -2.09. The van der Waals surface area contributed by atoms with Crippen LogP contribution in [0.15, 0.2) is 42.7 Å². The first-order valence-corrected chi connectivity index (χ1v) is 5.41. The molecule has 1 unspecified atom stereocenters. The first-order chi connectivity index (χ1) is 7.81. The molecule has 4 N–H and O–H groups in total. The Bertz CT molecular complexity index is 420. The van der Waals surface area contributed by atoms with E-state index in [0.717, 1.165) is 17.5 Å². The van der Waals surface area contributed by atoms with Crippen molar-refractivity contribution in [2.75, 3.05) is 6.54 Å². The largest absolute Gasteiger partial charge is 0.384 e. The molecule has 0 saturated carbocycles. The standard InChI is InChI=1S/C13H16N2O/c14-7-5-10-1-3-11(4-2-10)13(16)12-6-8-15-9-12/h1-4,6,8-9,13,15-16H,5,7,14H2. The second-order valence-corrected chi connectivity index (χ2v) is 3.83. The molecule has 2 rings (SSSR count). The highest BCUT2D eigenvalue weighted by Crippen LogP contribution is 2.21. The summed E-state index contributed by atoms with van der Waals surface area (Å²) < 4.78 is 0. The first kappa shape index (κ1) is 10.9. The Morgan fingerprint density at radius 3 is 2.44 bits per heavy atom. The van der Waals surface area contributed by atoms with Gasteiger partial charge in [0.2, 0.25) is 0 Å². The van der Waals surface area contributed by atoms with E-state index in [1.165, 1.54) is 5.56 Å². The molecule has 16 heavy (non-hydrogen) atoms. The van der Waals surface area contributed by atoms with Crippen molar-refractivity contribution >= 4 is 0 Å². The van der Waals surface area contributed by atoms with E-state index in [2.05, 4.69) is 4.98 Å². The zero-order valence-corrected chi connectivity index (χ0v) is 9.06. The lowest BCUT2D eigenvalue weighted by molar-refractivity contribution is 0.220. The molecule has 0 amide bonds. The number of aromatic amines is 1. The van der Waals surface area contributed by atoms with Crippen LogP contribution in [0.3, 0.4) is 0 Å². The number of nitrogens with two attached hydrogens (primary N) is 1. The molecule has 0 bridgehead atoms. The van der Waals surface area contributed by atoms with E-state index in [-0.39, 0.29) is 0 Å². The molecule has 1 aromatic carbocycles. The third-order valence-electron chi connectivity index (χ3n) is 2.67. The molecule has 1 aromatic heterocycles. The summed E-state index contributed by atoms with van der Waals surface area (Å²) in [4.78, 5) is 2.94. The molecule has 0 fully saturated rings. The van der Waals surface area contributed by atoms with Crippen LogP contribution in [-0.4, -0.2) is 16.6 Å². The van der Waals surface area contributed by atoms with Crippen molar-refractivity contribution < 1.29 is 5.11 Å². The van der Waals surface area contributed by atoms with E-state index in [9.17, 15) is 5.11 Å². The smallest absolute Gasteiger partial charge is 0.105 e. The number of H-pyrrole nitrogens is 1. The lowest BCUT2D eigenvalue weighted by Crippen LogP contribution is -2.03. The van der Waals surface area contributed by atoms with Crippen LogP contribution in [0.1, 0.15) is 22.8 Å². The third-order valence-corrected chi connectivity index (χ3v) is 2.67. The predicted molar refractivity (Wildman–Crippen MR) is 64.1 cm³/mol. The van der Waals surface area contributed by atoms with Crippen LogP contribution >= 0.6 is 0 Å². The number of benzene rings is 1. The van der Waals surface area contributed by atoms with E-state index in [1.807, 2.05) is 30.3 Å². The molecule has 0 spiro atoms. The van der Waals surface area contributed by atoms with Crippen molar-refractivity contribution in [1.29, 1.82) is 0 Å². The number of hydrogen-bond acceptors (Lipinski definition) is 2. The van der Waals surface area contributed by atoms with Crippen LogP contribution in [-0.2, 0) is 6.42 Å². The number of hydrogen-bond donors (Lipinski definition) is 3. The van der Waals surface area contributed by atoms with Gasteiger partial charge in [0.05, 0.1) is 0 Å². The van der Waals surface area contributed by atoms with E-state index >= 15 is 0 Å². The van der Waals surface area contributed by atoms with E-state index in [0.29, 0.717) is 6.54 Å². The van der Waals surface area contributed by atoms with Crippen LogP contribution < -0.4 is 5.73 Å². The Kier molecular flexibility index (Phi) is 3.39. The van der Waals surface area contributed by atoms with Crippen LogP contribution in [0.2, 0.25) is 0 Å². The SMILES string of the molecule is NCCc1ccc(C(O)c2cc[nH]c2)cc1. The Hall–Kier alpha value is -1.58. The summed E-state index contributed by atoms with van der Waals surface area (Å²) in [5.41, 5.74) is 8.47. The number of aliphatic hydroxyl groups is 1. The fourth-order valence-corrected chi connectivity index (χ4v) is 1.73. The van der Waals surface area contributed by atoms with Crippen molar-refractivity contribution in [3.8, 4) is 0 Å². The molecule has 0 radical (unpaired) electrons. The van der Waals surface area contributed by atoms with Gasteiger partial charge in [-0.25, -0.2) is 0 Å². The van der Waals surface area contributed by atoms with E-state index in [1.54, 1.807) is 12.4 Å². The average Bonchev–Trinajstić information content (AvgIpc) is 2.83. The summed E-state index contributed by atoms with van der Waals surface area (Å²) in [6.45, 7) is 0.652. The van der Waals surface area contributed by atoms with Gasteiger partial charge in [-0.15, -0.1) is 0 Å².